The van der Waals surface area contributed by atoms with Crippen LogP contribution in [0.15, 0.2) is 59.5 Å². The fourth-order valence-electron chi connectivity index (χ4n) is 1.74. The van der Waals surface area contributed by atoms with Gasteiger partial charge in [-0.2, -0.15) is 4.72 Å². The molecule has 0 fully saturated rings. The Balaban J connectivity index is 2.05. The number of anilines is 1. The minimum Gasteiger partial charge on any atom is -0.325 e. The highest BCUT2D eigenvalue weighted by molar-refractivity contribution is 7.89. The molecule has 0 aliphatic heterocycles. The van der Waals surface area contributed by atoms with Crippen LogP contribution in [0.25, 0.3) is 0 Å². The molecule has 0 spiro atoms. The summed E-state index contributed by atoms with van der Waals surface area (Å²) < 4.78 is 39.3. The third kappa shape index (κ3) is 4.12. The van der Waals surface area contributed by atoms with Crippen LogP contribution in [0.2, 0.25) is 0 Å². The number of carbonyl (C=O) groups is 1. The monoisotopic (exact) mass is 322 g/mol. The SMILES string of the molecule is C[C@H](NS(=O)(=O)c1ccc(F)cc1)C(=O)Nc1ccccc1. The van der Waals surface area contributed by atoms with Gasteiger partial charge in [0, 0.05) is 5.69 Å². The molecular weight excluding hydrogens is 307 g/mol. The van der Waals surface area contributed by atoms with E-state index in [-0.39, 0.29) is 4.90 Å². The number of amides is 1. The third-order valence-electron chi connectivity index (χ3n) is 2.89. The standard InChI is InChI=1S/C15H15FN2O3S/c1-11(15(19)17-13-5-3-2-4-6-13)18-22(20,21)14-9-7-12(16)8-10-14/h2-11,18H,1H3,(H,17,19)/t11-/m0/s1. The van der Waals surface area contributed by atoms with Crippen LogP contribution in [0.5, 0.6) is 0 Å². The largest absolute Gasteiger partial charge is 0.325 e. The Morgan fingerprint density at radius 2 is 1.64 bits per heavy atom. The van der Waals surface area contributed by atoms with Gasteiger partial charge in [0.25, 0.3) is 0 Å². The number of halogens is 1. The molecule has 0 radical (unpaired) electrons. The van der Waals surface area contributed by atoms with Gasteiger partial charge in [0.05, 0.1) is 10.9 Å². The summed E-state index contributed by atoms with van der Waals surface area (Å²) in [5, 5.41) is 2.60. The first kappa shape index (κ1) is 16.1. The van der Waals surface area contributed by atoms with Gasteiger partial charge < -0.3 is 5.32 Å². The molecule has 0 aromatic heterocycles. The van der Waals surface area contributed by atoms with E-state index in [0.717, 1.165) is 24.3 Å². The van der Waals surface area contributed by atoms with Crippen molar-refractivity contribution in [2.45, 2.75) is 17.9 Å². The molecule has 2 N–H and O–H groups in total. The minimum atomic E-state index is -3.89. The van der Waals surface area contributed by atoms with Crippen LogP contribution in [-0.4, -0.2) is 20.4 Å². The average Bonchev–Trinajstić information content (AvgIpc) is 2.48. The Labute approximate surface area is 128 Å². The van der Waals surface area contributed by atoms with Gasteiger partial charge in [0.1, 0.15) is 5.82 Å². The lowest BCUT2D eigenvalue weighted by Gasteiger charge is -2.14. The summed E-state index contributed by atoms with van der Waals surface area (Å²) in [4.78, 5) is 11.9. The summed E-state index contributed by atoms with van der Waals surface area (Å²) in [7, 11) is -3.89. The predicted molar refractivity (Wildman–Crippen MR) is 81.3 cm³/mol. The van der Waals surface area contributed by atoms with Crippen molar-refractivity contribution in [2.75, 3.05) is 5.32 Å². The number of hydrogen-bond donors (Lipinski definition) is 2. The Morgan fingerprint density at radius 1 is 1.05 bits per heavy atom. The first-order chi connectivity index (χ1) is 10.4. The molecule has 2 aromatic rings. The molecule has 0 aliphatic carbocycles. The Morgan fingerprint density at radius 3 is 2.23 bits per heavy atom. The van der Waals surface area contributed by atoms with Crippen molar-refractivity contribution in [3.05, 3.63) is 60.4 Å². The van der Waals surface area contributed by atoms with Crippen LogP contribution in [0.1, 0.15) is 6.92 Å². The zero-order chi connectivity index (χ0) is 16.2. The zero-order valence-corrected chi connectivity index (χ0v) is 12.6. The predicted octanol–water partition coefficient (Wildman–Crippen LogP) is 2.13. The first-order valence-corrected chi connectivity index (χ1v) is 8.00. The second kappa shape index (κ2) is 6.67. The molecule has 0 heterocycles. The molecule has 5 nitrogen and oxygen atoms in total. The van der Waals surface area contributed by atoms with Gasteiger partial charge in [-0.25, -0.2) is 12.8 Å². The van der Waals surface area contributed by atoms with Crippen LogP contribution in [0.4, 0.5) is 10.1 Å². The zero-order valence-electron chi connectivity index (χ0n) is 11.8. The van der Waals surface area contributed by atoms with E-state index in [9.17, 15) is 17.6 Å². The van der Waals surface area contributed by atoms with Crippen molar-refractivity contribution in [3.63, 3.8) is 0 Å². The van der Waals surface area contributed by atoms with Gasteiger partial charge in [0.15, 0.2) is 0 Å². The maximum absolute atomic E-state index is 12.8. The topological polar surface area (TPSA) is 75.3 Å². The molecular formula is C15H15FN2O3S. The molecule has 0 saturated heterocycles. The Bertz CT molecular complexity index is 746. The van der Waals surface area contributed by atoms with E-state index in [1.807, 2.05) is 0 Å². The average molecular weight is 322 g/mol. The number of carbonyl (C=O) groups excluding carboxylic acids is 1. The van der Waals surface area contributed by atoms with Gasteiger partial charge in [-0.3, -0.25) is 4.79 Å². The third-order valence-corrected chi connectivity index (χ3v) is 4.45. The van der Waals surface area contributed by atoms with Gasteiger partial charge in [-0.1, -0.05) is 18.2 Å². The van der Waals surface area contributed by atoms with Crippen molar-refractivity contribution >= 4 is 21.6 Å². The highest BCUT2D eigenvalue weighted by atomic mass is 32.2. The molecule has 0 unspecified atom stereocenters. The molecule has 2 aromatic carbocycles. The minimum absolute atomic E-state index is 0.103. The van der Waals surface area contributed by atoms with Gasteiger partial charge in [-0.15, -0.1) is 0 Å². The summed E-state index contributed by atoms with van der Waals surface area (Å²) >= 11 is 0. The number of hydrogen-bond acceptors (Lipinski definition) is 3. The van der Waals surface area contributed by atoms with E-state index in [0.29, 0.717) is 5.69 Å². The number of para-hydroxylation sites is 1. The molecule has 0 saturated carbocycles. The van der Waals surface area contributed by atoms with Gasteiger partial charge in [-0.05, 0) is 43.3 Å². The number of sulfonamides is 1. The van der Waals surface area contributed by atoms with Crippen LogP contribution in [-0.2, 0) is 14.8 Å². The summed E-state index contributed by atoms with van der Waals surface area (Å²) in [6, 6.07) is 12.1. The number of benzene rings is 2. The van der Waals surface area contributed by atoms with Crippen LogP contribution in [0, 0.1) is 5.82 Å². The van der Waals surface area contributed by atoms with E-state index in [2.05, 4.69) is 10.0 Å². The summed E-state index contributed by atoms with van der Waals surface area (Å²) in [6.07, 6.45) is 0. The maximum Gasteiger partial charge on any atom is 0.242 e. The van der Waals surface area contributed by atoms with Crippen LogP contribution >= 0.6 is 0 Å². The second-order valence-electron chi connectivity index (χ2n) is 4.65. The van der Waals surface area contributed by atoms with E-state index in [1.165, 1.54) is 6.92 Å². The van der Waals surface area contributed by atoms with E-state index in [4.69, 9.17) is 0 Å². The quantitative estimate of drug-likeness (QED) is 0.885. The van der Waals surface area contributed by atoms with Crippen LogP contribution < -0.4 is 10.0 Å². The summed E-state index contributed by atoms with van der Waals surface area (Å²) in [5.41, 5.74) is 0.570. The fraction of sp³-hybridized carbons (Fsp3) is 0.133. The van der Waals surface area contributed by atoms with Crippen molar-refractivity contribution in [1.82, 2.24) is 4.72 Å². The molecule has 7 heteroatoms. The van der Waals surface area contributed by atoms with Gasteiger partial charge in [0.2, 0.25) is 15.9 Å². The molecule has 116 valence electrons. The maximum atomic E-state index is 12.8. The molecule has 0 aliphatic rings. The van der Waals surface area contributed by atoms with Crippen molar-refractivity contribution in [2.24, 2.45) is 0 Å². The van der Waals surface area contributed by atoms with E-state index >= 15 is 0 Å². The summed E-state index contributed by atoms with van der Waals surface area (Å²) in [5.74, 6) is -1.02. The molecule has 22 heavy (non-hydrogen) atoms. The second-order valence-corrected chi connectivity index (χ2v) is 6.37. The Hall–Kier alpha value is -2.25. The van der Waals surface area contributed by atoms with Crippen molar-refractivity contribution in [3.8, 4) is 0 Å². The number of rotatable bonds is 5. The number of nitrogens with one attached hydrogen (secondary N) is 2. The lowest BCUT2D eigenvalue weighted by molar-refractivity contribution is -0.117. The molecule has 0 bridgehead atoms. The smallest absolute Gasteiger partial charge is 0.242 e. The lowest BCUT2D eigenvalue weighted by atomic mass is 10.3. The first-order valence-electron chi connectivity index (χ1n) is 6.52. The van der Waals surface area contributed by atoms with Gasteiger partial charge >= 0.3 is 0 Å². The van der Waals surface area contributed by atoms with Crippen molar-refractivity contribution in [1.29, 1.82) is 0 Å². The highest BCUT2D eigenvalue weighted by Gasteiger charge is 2.22. The normalized spacial score (nSPS) is 12.6. The summed E-state index contributed by atoms with van der Waals surface area (Å²) in [6.45, 7) is 1.43. The van der Waals surface area contributed by atoms with E-state index in [1.54, 1.807) is 30.3 Å². The highest BCUT2D eigenvalue weighted by Crippen LogP contribution is 2.11. The lowest BCUT2D eigenvalue weighted by Crippen LogP contribution is -2.41. The Kier molecular flexibility index (Phi) is 4.89. The molecule has 2 rings (SSSR count). The fourth-order valence-corrected chi connectivity index (χ4v) is 2.94. The molecule has 1 amide bonds. The molecule has 1 atom stereocenters. The van der Waals surface area contributed by atoms with E-state index < -0.39 is 27.8 Å². The van der Waals surface area contributed by atoms with Crippen molar-refractivity contribution < 1.29 is 17.6 Å². The van der Waals surface area contributed by atoms with Crippen LogP contribution in [0.3, 0.4) is 0 Å².